The Bertz CT molecular complexity index is 1080. The number of carboxylic acid groups (broad SMARTS) is 1. The molecular weight excluding hydrogens is 452 g/mol. The van der Waals surface area contributed by atoms with Gasteiger partial charge in [0.15, 0.2) is 0 Å². The van der Waals surface area contributed by atoms with Crippen molar-refractivity contribution in [1.29, 1.82) is 0 Å². The average molecular weight is 473 g/mol. The van der Waals surface area contributed by atoms with Crippen LogP contribution in [0.1, 0.15) is 23.9 Å². The molecule has 0 atom stereocenters. The van der Waals surface area contributed by atoms with Crippen molar-refractivity contribution in [3.8, 4) is 11.5 Å². The number of aromatic nitrogens is 2. The third-order valence-corrected chi connectivity index (χ3v) is 4.98. The highest BCUT2D eigenvalue weighted by atomic mass is 79.9. The molecule has 3 aromatic rings. The second-order valence-electron chi connectivity index (χ2n) is 6.48. The molecule has 0 aliphatic heterocycles. The largest absolute Gasteiger partial charge is 0.511 e. The molecule has 0 spiro atoms. The molecular formula is C22H21BrN2O5. The number of aryl methyl sites for hydroxylation is 2. The molecule has 0 aliphatic rings. The summed E-state index contributed by atoms with van der Waals surface area (Å²) in [6.07, 6.45) is 0.689. The molecule has 0 radical (unpaired) electrons. The van der Waals surface area contributed by atoms with E-state index in [4.69, 9.17) is 9.84 Å². The lowest BCUT2D eigenvalue weighted by Gasteiger charge is -2.14. The molecule has 0 bridgehead atoms. The van der Waals surface area contributed by atoms with Crippen LogP contribution in [0.5, 0.6) is 11.5 Å². The van der Waals surface area contributed by atoms with Crippen molar-refractivity contribution in [3.63, 3.8) is 0 Å². The van der Waals surface area contributed by atoms with Crippen LogP contribution in [0.2, 0.25) is 0 Å². The minimum atomic E-state index is -1.54. The number of hydrogen-bond acceptors (Lipinski definition) is 5. The van der Waals surface area contributed by atoms with Crippen LogP contribution in [-0.4, -0.2) is 20.8 Å². The molecule has 0 saturated carbocycles. The van der Waals surface area contributed by atoms with Crippen LogP contribution in [0, 0.1) is 0 Å². The van der Waals surface area contributed by atoms with E-state index in [1.54, 1.807) is 6.92 Å². The molecule has 30 heavy (non-hydrogen) atoms. The Labute approximate surface area is 182 Å². The first-order valence-electron chi connectivity index (χ1n) is 9.42. The summed E-state index contributed by atoms with van der Waals surface area (Å²) in [7, 11) is 0. The van der Waals surface area contributed by atoms with Gasteiger partial charge in [-0.1, -0.05) is 46.3 Å². The first-order valence-corrected chi connectivity index (χ1v) is 10.2. The van der Waals surface area contributed by atoms with Gasteiger partial charge < -0.3 is 14.6 Å². The van der Waals surface area contributed by atoms with E-state index in [0.29, 0.717) is 31.8 Å². The van der Waals surface area contributed by atoms with Crippen LogP contribution in [0.3, 0.4) is 0 Å². The summed E-state index contributed by atoms with van der Waals surface area (Å²) in [5.41, 5.74) is 1.53. The molecule has 0 saturated heterocycles. The lowest BCUT2D eigenvalue weighted by molar-refractivity contribution is 0.143. The Morgan fingerprint density at radius 3 is 2.60 bits per heavy atom. The van der Waals surface area contributed by atoms with Crippen molar-refractivity contribution in [2.75, 3.05) is 0 Å². The van der Waals surface area contributed by atoms with Gasteiger partial charge in [0.05, 0.1) is 6.20 Å². The highest BCUT2D eigenvalue weighted by Gasteiger charge is 2.14. The van der Waals surface area contributed by atoms with Crippen molar-refractivity contribution in [2.24, 2.45) is 0 Å². The van der Waals surface area contributed by atoms with E-state index >= 15 is 0 Å². The van der Waals surface area contributed by atoms with E-state index in [0.717, 1.165) is 27.5 Å². The van der Waals surface area contributed by atoms with Crippen LogP contribution in [0.4, 0.5) is 4.79 Å². The number of ether oxygens (including phenoxy) is 2. The molecule has 0 unspecified atom stereocenters. The molecule has 1 N–H and O–H groups in total. The molecule has 8 heteroatoms. The third kappa shape index (κ3) is 5.48. The highest BCUT2D eigenvalue weighted by Crippen LogP contribution is 2.25. The fourth-order valence-corrected chi connectivity index (χ4v) is 3.47. The number of carbonyl (C=O) groups is 1. The molecule has 156 valence electrons. The molecule has 1 aromatic heterocycles. The molecule has 2 aromatic carbocycles. The van der Waals surface area contributed by atoms with Gasteiger partial charge in [0.25, 0.3) is 5.56 Å². The van der Waals surface area contributed by atoms with Crippen LogP contribution >= 0.6 is 15.9 Å². The highest BCUT2D eigenvalue weighted by molar-refractivity contribution is 9.10. The SMILES string of the molecule is CCn1c(CCc2cc(Br)ccc2OCc2ccccc2)ncc(OC(=O)O)c1=O. The van der Waals surface area contributed by atoms with Gasteiger partial charge in [-0.15, -0.1) is 0 Å². The molecule has 0 aliphatic carbocycles. The van der Waals surface area contributed by atoms with Gasteiger partial charge >= 0.3 is 6.16 Å². The topological polar surface area (TPSA) is 90.7 Å². The van der Waals surface area contributed by atoms with E-state index in [9.17, 15) is 9.59 Å². The molecule has 0 fully saturated rings. The zero-order valence-corrected chi connectivity index (χ0v) is 18.0. The summed E-state index contributed by atoms with van der Waals surface area (Å²) >= 11 is 3.49. The Morgan fingerprint density at radius 2 is 1.90 bits per heavy atom. The number of hydrogen-bond donors (Lipinski definition) is 1. The van der Waals surface area contributed by atoms with E-state index < -0.39 is 11.7 Å². The second kappa shape index (κ2) is 10.1. The van der Waals surface area contributed by atoms with Crippen molar-refractivity contribution in [2.45, 2.75) is 32.9 Å². The Balaban J connectivity index is 1.78. The van der Waals surface area contributed by atoms with Crippen molar-refractivity contribution < 1.29 is 19.4 Å². The summed E-state index contributed by atoms with van der Waals surface area (Å²) in [6, 6.07) is 15.7. The van der Waals surface area contributed by atoms with Gasteiger partial charge in [-0.25, -0.2) is 9.78 Å². The summed E-state index contributed by atoms with van der Waals surface area (Å²) in [5.74, 6) is 1.01. The smallest absolute Gasteiger partial charge is 0.489 e. The van der Waals surface area contributed by atoms with Crippen LogP contribution in [0.25, 0.3) is 0 Å². The van der Waals surface area contributed by atoms with Crippen molar-refractivity contribution in [1.82, 2.24) is 9.55 Å². The summed E-state index contributed by atoms with van der Waals surface area (Å²) in [5, 5.41) is 8.75. The lowest BCUT2D eigenvalue weighted by atomic mass is 10.1. The van der Waals surface area contributed by atoms with Crippen molar-refractivity contribution >= 4 is 22.1 Å². The van der Waals surface area contributed by atoms with E-state index in [1.807, 2.05) is 48.5 Å². The lowest BCUT2D eigenvalue weighted by Crippen LogP contribution is -2.27. The van der Waals surface area contributed by atoms with Gasteiger partial charge in [-0.05, 0) is 42.7 Å². The second-order valence-corrected chi connectivity index (χ2v) is 7.40. The minimum Gasteiger partial charge on any atom is -0.489 e. The van der Waals surface area contributed by atoms with Gasteiger partial charge in [0.2, 0.25) is 5.75 Å². The van der Waals surface area contributed by atoms with Gasteiger partial charge in [0, 0.05) is 17.4 Å². The first-order chi connectivity index (χ1) is 14.5. The number of nitrogens with zero attached hydrogens (tertiary/aromatic N) is 2. The maximum absolute atomic E-state index is 12.5. The predicted molar refractivity (Wildman–Crippen MR) is 115 cm³/mol. The van der Waals surface area contributed by atoms with Crippen molar-refractivity contribution in [3.05, 3.63) is 86.5 Å². The minimum absolute atomic E-state index is 0.303. The summed E-state index contributed by atoms with van der Waals surface area (Å²) in [4.78, 5) is 27.4. The number of rotatable bonds is 8. The number of benzene rings is 2. The first kappa shape index (κ1) is 21.6. The van der Waals surface area contributed by atoms with E-state index in [1.165, 1.54) is 4.57 Å². The van der Waals surface area contributed by atoms with Gasteiger partial charge in [0.1, 0.15) is 18.2 Å². The van der Waals surface area contributed by atoms with Crippen LogP contribution < -0.4 is 15.0 Å². The van der Waals surface area contributed by atoms with Crippen LogP contribution in [0.15, 0.2) is 64.0 Å². The van der Waals surface area contributed by atoms with E-state index in [-0.39, 0.29) is 5.75 Å². The Hall–Kier alpha value is -3.13. The Kier molecular flexibility index (Phi) is 7.24. The van der Waals surface area contributed by atoms with E-state index in [2.05, 4.69) is 25.7 Å². The zero-order valence-electron chi connectivity index (χ0n) is 16.4. The normalized spacial score (nSPS) is 10.6. The Morgan fingerprint density at radius 1 is 1.13 bits per heavy atom. The molecule has 3 rings (SSSR count). The average Bonchev–Trinajstić information content (AvgIpc) is 2.73. The van der Waals surface area contributed by atoms with Gasteiger partial charge in [-0.2, -0.15) is 0 Å². The fourth-order valence-electron chi connectivity index (χ4n) is 3.06. The zero-order chi connectivity index (χ0) is 21.5. The monoisotopic (exact) mass is 472 g/mol. The maximum atomic E-state index is 12.5. The maximum Gasteiger partial charge on any atom is 0.511 e. The molecule has 1 heterocycles. The predicted octanol–water partition coefficient (Wildman–Crippen LogP) is 4.45. The summed E-state index contributed by atoms with van der Waals surface area (Å²) in [6.45, 7) is 2.60. The van der Waals surface area contributed by atoms with Gasteiger partial charge in [-0.3, -0.25) is 9.36 Å². The molecule has 7 nitrogen and oxygen atoms in total. The summed E-state index contributed by atoms with van der Waals surface area (Å²) < 4.78 is 12.9. The number of halogens is 1. The standard InChI is InChI=1S/C22H21BrN2O5/c1-2-25-20(24-13-19(21(25)26)30-22(27)28)11-8-16-12-17(23)9-10-18(16)29-14-15-6-4-3-5-7-15/h3-7,9-10,12-13H,2,8,11,14H2,1H3,(H,27,28). The quantitative estimate of drug-likeness (QED) is 0.487. The third-order valence-electron chi connectivity index (χ3n) is 4.49. The van der Waals surface area contributed by atoms with Crippen LogP contribution in [-0.2, 0) is 26.0 Å². The fraction of sp³-hybridized carbons (Fsp3) is 0.227. The molecule has 0 amide bonds.